The number of alkyl halides is 3. The van der Waals surface area contributed by atoms with Crippen LogP contribution < -0.4 is 15.1 Å². The molecule has 2 heterocycles. The van der Waals surface area contributed by atoms with Crippen molar-refractivity contribution in [2.45, 2.75) is 26.6 Å². The molecule has 0 radical (unpaired) electrons. The summed E-state index contributed by atoms with van der Waals surface area (Å²) in [5.41, 5.74) is 0.148. The Hall–Kier alpha value is -3.29. The van der Waals surface area contributed by atoms with Gasteiger partial charge in [0.05, 0.1) is 37.9 Å². The van der Waals surface area contributed by atoms with E-state index in [1.807, 2.05) is 13.8 Å². The van der Waals surface area contributed by atoms with Crippen LogP contribution in [0.3, 0.4) is 0 Å². The second kappa shape index (κ2) is 16.2. The molecule has 0 aliphatic rings. The predicted octanol–water partition coefficient (Wildman–Crippen LogP) is 5.49. The van der Waals surface area contributed by atoms with Gasteiger partial charge in [-0.1, -0.05) is 26.0 Å². The zero-order valence-corrected chi connectivity index (χ0v) is 23.6. The average Bonchev–Trinajstić information content (AvgIpc) is 2.94. The molecule has 1 unspecified atom stereocenters. The van der Waals surface area contributed by atoms with Crippen molar-refractivity contribution in [1.29, 1.82) is 0 Å². The lowest BCUT2D eigenvalue weighted by Crippen LogP contribution is -2.17. The first-order valence-electron chi connectivity index (χ1n) is 13.0. The van der Waals surface area contributed by atoms with Gasteiger partial charge >= 0.3 is 18.0 Å². The lowest BCUT2D eigenvalue weighted by molar-refractivity contribution is -0.274. The molecule has 0 bridgehead atoms. The molecule has 0 saturated heterocycles. The van der Waals surface area contributed by atoms with E-state index in [-0.39, 0.29) is 42.1 Å². The number of carbonyl (C=O) groups excluding carboxylic acids is 1. The van der Waals surface area contributed by atoms with E-state index in [0.29, 0.717) is 37.4 Å². The Kier molecular flexibility index (Phi) is 12.8. The molecule has 0 saturated carbocycles. The molecule has 0 fully saturated rings. The second-order valence-corrected chi connectivity index (χ2v) is 9.97. The van der Waals surface area contributed by atoms with E-state index in [2.05, 4.69) is 9.72 Å². The van der Waals surface area contributed by atoms with Crippen LogP contribution >= 0.6 is 11.8 Å². The molecule has 3 aromatic rings. The monoisotopic (exact) mass is 599 g/mol. The van der Waals surface area contributed by atoms with Crippen LogP contribution in [0, 0.1) is 5.92 Å². The first-order chi connectivity index (χ1) is 19.7. The van der Waals surface area contributed by atoms with Gasteiger partial charge in [-0.05, 0) is 30.2 Å². The van der Waals surface area contributed by atoms with Crippen molar-refractivity contribution in [3.05, 3.63) is 53.0 Å². The van der Waals surface area contributed by atoms with Crippen LogP contribution in [-0.2, 0) is 19.0 Å². The summed E-state index contributed by atoms with van der Waals surface area (Å²) in [7, 11) is 0. The van der Waals surface area contributed by atoms with E-state index in [4.69, 9.17) is 23.4 Å². The van der Waals surface area contributed by atoms with E-state index in [9.17, 15) is 22.8 Å². The molecular formula is C28H32F3NO8S. The Morgan fingerprint density at radius 1 is 1.00 bits per heavy atom. The van der Waals surface area contributed by atoms with Gasteiger partial charge in [0.2, 0.25) is 5.88 Å². The fraction of sp³-hybridized carbons (Fsp3) is 0.464. The number of halogens is 3. The number of benzene rings is 1. The third-order valence-electron chi connectivity index (χ3n) is 5.70. The Morgan fingerprint density at radius 3 is 2.34 bits per heavy atom. The molecule has 0 N–H and O–H groups in total. The summed E-state index contributed by atoms with van der Waals surface area (Å²) in [5, 5.41) is 0.520. The Bertz CT molecular complexity index is 1300. The van der Waals surface area contributed by atoms with Gasteiger partial charge in [-0.25, -0.2) is 9.78 Å². The molecule has 13 heteroatoms. The first kappa shape index (κ1) is 32.2. The Morgan fingerprint density at radius 2 is 1.68 bits per heavy atom. The third-order valence-corrected chi connectivity index (χ3v) is 6.61. The molecule has 3 rings (SSSR count). The van der Waals surface area contributed by atoms with E-state index in [1.54, 1.807) is 17.8 Å². The van der Waals surface area contributed by atoms with Crippen LogP contribution in [0.5, 0.6) is 11.6 Å². The number of hydrogen-bond acceptors (Lipinski definition) is 10. The summed E-state index contributed by atoms with van der Waals surface area (Å²) >= 11 is 1.68. The van der Waals surface area contributed by atoms with Crippen LogP contribution in [0.4, 0.5) is 13.2 Å². The quantitative estimate of drug-likeness (QED) is 0.146. The number of thioether (sulfide) groups is 1. The molecule has 0 aliphatic carbocycles. The minimum Gasteiger partial charge on any atom is -0.475 e. The fourth-order valence-electron chi connectivity index (χ4n) is 3.37. The van der Waals surface area contributed by atoms with Crippen LogP contribution in [0.15, 0.2) is 51.8 Å². The van der Waals surface area contributed by atoms with E-state index in [1.165, 1.54) is 24.4 Å². The van der Waals surface area contributed by atoms with Gasteiger partial charge in [-0.2, -0.15) is 11.8 Å². The van der Waals surface area contributed by atoms with Crippen molar-refractivity contribution in [3.8, 4) is 22.8 Å². The van der Waals surface area contributed by atoms with Crippen molar-refractivity contribution < 1.29 is 46.1 Å². The fourth-order valence-corrected chi connectivity index (χ4v) is 4.04. The smallest absolute Gasteiger partial charge is 0.475 e. The number of fused-ring (bicyclic) bond motifs is 1. The molecule has 41 heavy (non-hydrogen) atoms. The molecule has 1 atom stereocenters. The average molecular weight is 600 g/mol. The molecule has 224 valence electrons. The van der Waals surface area contributed by atoms with Gasteiger partial charge in [0.15, 0.2) is 0 Å². The van der Waals surface area contributed by atoms with Gasteiger partial charge in [-0.3, -0.25) is 4.79 Å². The number of ether oxygens (including phenoxy) is 5. The van der Waals surface area contributed by atoms with Gasteiger partial charge < -0.3 is 28.1 Å². The highest BCUT2D eigenvalue weighted by atomic mass is 32.2. The van der Waals surface area contributed by atoms with Gasteiger partial charge in [0, 0.05) is 29.2 Å². The van der Waals surface area contributed by atoms with Crippen LogP contribution in [0.25, 0.3) is 22.1 Å². The first-order valence-corrected chi connectivity index (χ1v) is 14.1. The number of nitrogens with zero attached hydrogens (tertiary/aromatic N) is 1. The lowest BCUT2D eigenvalue weighted by atomic mass is 10.1. The van der Waals surface area contributed by atoms with Crippen LogP contribution in [0.1, 0.15) is 20.3 Å². The zero-order valence-electron chi connectivity index (χ0n) is 22.7. The highest BCUT2D eigenvalue weighted by molar-refractivity contribution is 7.99. The number of esters is 1. The summed E-state index contributed by atoms with van der Waals surface area (Å²) in [4.78, 5) is 28.3. The van der Waals surface area contributed by atoms with Crippen LogP contribution in [0.2, 0.25) is 0 Å². The van der Waals surface area contributed by atoms with Gasteiger partial charge in [0.25, 0.3) is 0 Å². The van der Waals surface area contributed by atoms with E-state index < -0.39 is 17.7 Å². The summed E-state index contributed by atoms with van der Waals surface area (Å²) in [6.45, 7) is 6.10. The van der Waals surface area contributed by atoms with Crippen molar-refractivity contribution in [3.63, 3.8) is 0 Å². The molecule has 0 spiro atoms. The van der Waals surface area contributed by atoms with E-state index in [0.717, 1.165) is 30.1 Å². The minimum absolute atomic E-state index is 0.0919. The molecule has 1 aromatic carbocycles. The zero-order chi connectivity index (χ0) is 29.7. The second-order valence-electron chi connectivity index (χ2n) is 8.74. The number of aromatic nitrogens is 1. The normalized spacial score (nSPS) is 12.3. The molecular weight excluding hydrogens is 567 g/mol. The highest BCUT2D eigenvalue weighted by Gasteiger charge is 2.31. The van der Waals surface area contributed by atoms with Crippen molar-refractivity contribution in [1.82, 2.24) is 4.98 Å². The molecule has 2 aromatic heterocycles. The third kappa shape index (κ3) is 11.2. The number of carbonyl (C=O) groups is 1. The SMILES string of the molecule is CCC(C)C(=O)OCCOCCSCCOCCOc1cc2oc(=O)c(-c3ccc(OC(F)(F)F)cc3)cc2cn1. The van der Waals surface area contributed by atoms with Crippen molar-refractivity contribution in [2.24, 2.45) is 5.92 Å². The largest absolute Gasteiger partial charge is 0.573 e. The minimum atomic E-state index is -4.80. The number of rotatable bonds is 17. The Labute approximate surface area is 239 Å². The summed E-state index contributed by atoms with van der Waals surface area (Å²) in [5.74, 6) is 1.16. The maximum Gasteiger partial charge on any atom is 0.573 e. The molecule has 0 amide bonds. The Balaban J connectivity index is 1.32. The maximum absolute atomic E-state index is 12.5. The van der Waals surface area contributed by atoms with Crippen LogP contribution in [-0.4, -0.2) is 68.5 Å². The molecule has 9 nitrogen and oxygen atoms in total. The van der Waals surface area contributed by atoms with Crippen molar-refractivity contribution in [2.75, 3.05) is 51.1 Å². The summed E-state index contributed by atoms with van der Waals surface area (Å²) in [6, 6.07) is 7.96. The number of hydrogen-bond donors (Lipinski definition) is 0. The topological polar surface area (TPSA) is 106 Å². The predicted molar refractivity (Wildman–Crippen MR) is 147 cm³/mol. The lowest BCUT2D eigenvalue weighted by Gasteiger charge is -2.10. The maximum atomic E-state index is 12.5. The summed E-state index contributed by atoms with van der Waals surface area (Å²) in [6.07, 6.45) is -2.57. The number of pyridine rings is 1. The highest BCUT2D eigenvalue weighted by Crippen LogP contribution is 2.27. The van der Waals surface area contributed by atoms with Crippen molar-refractivity contribution >= 4 is 28.7 Å². The summed E-state index contributed by atoms with van der Waals surface area (Å²) < 4.78 is 68.0. The van der Waals surface area contributed by atoms with E-state index >= 15 is 0 Å². The standard InChI is InChI=1S/C28H32F3NO8S/c1-3-19(2)26(33)38-11-9-36-13-15-41-14-12-35-8-10-37-25-17-24-21(18-32-25)16-23(27(34)39-24)20-4-6-22(7-5-20)40-28(29,30)31/h4-7,16-19H,3,8-15H2,1-2H3. The molecule has 0 aliphatic heterocycles. The van der Waals surface area contributed by atoms with Gasteiger partial charge in [0.1, 0.15) is 24.5 Å². The van der Waals surface area contributed by atoms with Gasteiger partial charge in [-0.15, -0.1) is 13.2 Å².